The fourth-order valence-electron chi connectivity index (χ4n) is 7.31. The van der Waals surface area contributed by atoms with Crippen molar-refractivity contribution in [2.45, 2.75) is 83.1 Å². The number of hydrogen-bond acceptors (Lipinski definition) is 5. The summed E-state index contributed by atoms with van der Waals surface area (Å²) in [6, 6.07) is 24.7. The van der Waals surface area contributed by atoms with Crippen LogP contribution in [0.15, 0.2) is 77.6 Å². The number of halogens is 1. The Morgan fingerprint density at radius 1 is 0.702 bits per heavy atom. The van der Waals surface area contributed by atoms with Crippen LogP contribution >= 0.6 is 11.6 Å². The topological polar surface area (TPSA) is 50.6 Å². The van der Waals surface area contributed by atoms with Gasteiger partial charge in [0.1, 0.15) is 5.75 Å². The van der Waals surface area contributed by atoms with Crippen molar-refractivity contribution in [1.29, 1.82) is 0 Å². The number of nitrogens with zero attached hydrogens (tertiary/aromatic N) is 4. The number of aryl methyl sites for hydroxylation is 1. The third kappa shape index (κ3) is 9.68. The minimum Gasteiger partial charge on any atom is -0.494 e. The van der Waals surface area contributed by atoms with Gasteiger partial charge in [-0.2, -0.15) is 5.10 Å². The molecule has 0 radical (unpaired) electrons. The van der Waals surface area contributed by atoms with Gasteiger partial charge in [0, 0.05) is 29.9 Å². The highest BCUT2D eigenvalue weighted by molar-refractivity contribution is 6.30. The molecule has 3 heterocycles. The molecule has 4 aromatic rings. The molecule has 0 aliphatic carbocycles. The maximum absolute atomic E-state index is 13.6. The maximum atomic E-state index is 13.6. The van der Waals surface area contributed by atoms with Gasteiger partial charge in [0.15, 0.2) is 0 Å². The van der Waals surface area contributed by atoms with E-state index in [1.165, 1.54) is 57.2 Å². The molecule has 0 bridgehead atoms. The average Bonchev–Trinajstić information content (AvgIpc) is 3.51. The number of unbranched alkanes of at least 4 members (excludes halogenated alkanes) is 1. The van der Waals surface area contributed by atoms with Crippen molar-refractivity contribution < 1.29 is 4.74 Å². The molecule has 2 saturated heterocycles. The summed E-state index contributed by atoms with van der Waals surface area (Å²) in [5.41, 5.74) is 3.51. The first kappa shape index (κ1) is 33.7. The fourth-order valence-corrected chi connectivity index (χ4v) is 7.43. The lowest BCUT2D eigenvalue weighted by Gasteiger charge is -2.21. The zero-order valence-electron chi connectivity index (χ0n) is 27.9. The Bertz CT molecular complexity index is 1600. The molecule has 6 nitrogen and oxygen atoms in total. The minimum absolute atomic E-state index is 0.0307. The van der Waals surface area contributed by atoms with E-state index in [1.807, 2.05) is 48.5 Å². The number of rotatable bonds is 13. The number of benzene rings is 3. The van der Waals surface area contributed by atoms with E-state index < -0.39 is 0 Å². The largest absolute Gasteiger partial charge is 0.494 e. The van der Waals surface area contributed by atoms with Crippen LogP contribution in [-0.2, 0) is 12.8 Å². The lowest BCUT2D eigenvalue weighted by atomic mass is 10.0. The Balaban J connectivity index is 0.953. The van der Waals surface area contributed by atoms with Crippen LogP contribution in [0.5, 0.6) is 5.75 Å². The molecule has 1 atom stereocenters. The molecule has 0 N–H and O–H groups in total. The minimum atomic E-state index is 0.0307. The molecule has 2 aliphatic heterocycles. The average molecular weight is 655 g/mol. The first-order valence-corrected chi connectivity index (χ1v) is 18.4. The highest BCUT2D eigenvalue weighted by atomic mass is 35.5. The number of ether oxygens (including phenoxy) is 1. The first-order valence-electron chi connectivity index (χ1n) is 18.0. The Labute approximate surface area is 285 Å². The zero-order chi connectivity index (χ0) is 32.3. The van der Waals surface area contributed by atoms with Crippen LogP contribution in [0.2, 0.25) is 5.02 Å². The standard InChI is InChI=1S/C40H51ClN4O2/c41-34-19-15-33(16-20-34)31-39-37-13-3-4-14-38(37)40(46)45(42-39)35-12-9-27-44(29-23-35)26-8-5-11-32-17-21-36(22-18-32)47-30-10-28-43-24-6-1-2-7-25-43/h3-4,13-22,35H,1-2,5-12,23-31H2. The second kappa shape index (κ2) is 17.3. The molecule has 47 heavy (non-hydrogen) atoms. The van der Waals surface area contributed by atoms with E-state index in [-0.39, 0.29) is 11.6 Å². The summed E-state index contributed by atoms with van der Waals surface area (Å²) >= 11 is 6.13. The van der Waals surface area contributed by atoms with E-state index >= 15 is 0 Å². The number of fused-ring (bicyclic) bond motifs is 1. The van der Waals surface area contributed by atoms with Crippen molar-refractivity contribution >= 4 is 22.4 Å². The van der Waals surface area contributed by atoms with E-state index in [0.717, 1.165) is 97.7 Å². The number of likely N-dealkylation sites (tertiary alicyclic amines) is 2. The molecular formula is C40H51ClN4O2. The Morgan fingerprint density at radius 3 is 2.17 bits per heavy atom. The molecule has 0 saturated carbocycles. The SMILES string of the molecule is O=c1c2ccccc2c(Cc2ccc(Cl)cc2)nn1C1CCCN(CCCCc2ccc(OCCCN3CCCCCC3)cc2)CC1. The smallest absolute Gasteiger partial charge is 0.274 e. The predicted molar refractivity (Wildman–Crippen MR) is 194 cm³/mol. The molecule has 250 valence electrons. The van der Waals surface area contributed by atoms with Gasteiger partial charge in [0.2, 0.25) is 0 Å². The Morgan fingerprint density at radius 2 is 1.38 bits per heavy atom. The second-order valence-electron chi connectivity index (χ2n) is 13.5. The molecule has 7 heteroatoms. The van der Waals surface area contributed by atoms with Crippen LogP contribution in [-0.4, -0.2) is 65.5 Å². The molecule has 3 aromatic carbocycles. The molecule has 1 unspecified atom stereocenters. The summed E-state index contributed by atoms with van der Waals surface area (Å²) in [7, 11) is 0. The van der Waals surface area contributed by atoms with Crippen molar-refractivity contribution in [2.75, 3.05) is 45.9 Å². The molecule has 2 fully saturated rings. The quantitative estimate of drug-likeness (QED) is 0.136. The van der Waals surface area contributed by atoms with E-state index in [9.17, 15) is 4.79 Å². The number of aromatic nitrogens is 2. The van der Waals surface area contributed by atoms with Crippen LogP contribution in [0.4, 0.5) is 0 Å². The van der Waals surface area contributed by atoms with Gasteiger partial charge in [-0.25, -0.2) is 4.68 Å². The van der Waals surface area contributed by atoms with Gasteiger partial charge < -0.3 is 14.5 Å². The van der Waals surface area contributed by atoms with Gasteiger partial charge in [-0.1, -0.05) is 66.9 Å². The van der Waals surface area contributed by atoms with Crippen LogP contribution in [0.3, 0.4) is 0 Å². The predicted octanol–water partition coefficient (Wildman–Crippen LogP) is 8.34. The van der Waals surface area contributed by atoms with Crippen molar-refractivity contribution in [2.24, 2.45) is 0 Å². The summed E-state index contributed by atoms with van der Waals surface area (Å²) in [4.78, 5) is 18.8. The lowest BCUT2D eigenvalue weighted by Crippen LogP contribution is -2.30. The van der Waals surface area contributed by atoms with Gasteiger partial charge in [-0.3, -0.25) is 4.79 Å². The van der Waals surface area contributed by atoms with Gasteiger partial charge in [0.05, 0.1) is 23.7 Å². The van der Waals surface area contributed by atoms with Crippen LogP contribution in [0, 0.1) is 0 Å². The van der Waals surface area contributed by atoms with Gasteiger partial charge in [0.25, 0.3) is 5.56 Å². The molecule has 0 amide bonds. The van der Waals surface area contributed by atoms with Gasteiger partial charge in [-0.05, 0) is 125 Å². The highest BCUT2D eigenvalue weighted by Crippen LogP contribution is 2.25. The fraction of sp³-hybridized carbons (Fsp3) is 0.500. The van der Waals surface area contributed by atoms with E-state index in [1.54, 1.807) is 4.68 Å². The summed E-state index contributed by atoms with van der Waals surface area (Å²) in [5.74, 6) is 0.987. The number of hydrogen-bond donors (Lipinski definition) is 0. The summed E-state index contributed by atoms with van der Waals surface area (Å²) in [5, 5.41) is 7.44. The van der Waals surface area contributed by atoms with Gasteiger partial charge in [-0.15, -0.1) is 0 Å². The third-order valence-corrected chi connectivity index (χ3v) is 10.3. The second-order valence-corrected chi connectivity index (χ2v) is 14.0. The van der Waals surface area contributed by atoms with Crippen molar-refractivity contribution in [3.63, 3.8) is 0 Å². The molecule has 6 rings (SSSR count). The summed E-state index contributed by atoms with van der Waals surface area (Å²) in [6.07, 6.45) is 13.7. The first-order chi connectivity index (χ1) is 23.1. The maximum Gasteiger partial charge on any atom is 0.274 e. The zero-order valence-corrected chi connectivity index (χ0v) is 28.7. The normalized spacial score (nSPS) is 18.2. The Hall–Kier alpha value is -3.19. The van der Waals surface area contributed by atoms with Crippen LogP contribution in [0.25, 0.3) is 10.8 Å². The van der Waals surface area contributed by atoms with Gasteiger partial charge >= 0.3 is 0 Å². The van der Waals surface area contributed by atoms with E-state index in [0.29, 0.717) is 6.42 Å². The van der Waals surface area contributed by atoms with Crippen molar-refractivity contribution in [3.8, 4) is 5.75 Å². The molecule has 1 aromatic heterocycles. The van der Waals surface area contributed by atoms with E-state index in [2.05, 4.69) is 34.1 Å². The third-order valence-electron chi connectivity index (χ3n) is 10.0. The van der Waals surface area contributed by atoms with Crippen LogP contribution in [0.1, 0.15) is 87.1 Å². The lowest BCUT2D eigenvalue weighted by molar-refractivity contribution is 0.240. The van der Waals surface area contributed by atoms with Crippen molar-refractivity contribution in [3.05, 3.63) is 105 Å². The summed E-state index contributed by atoms with van der Waals surface area (Å²) in [6.45, 7) is 7.65. The molecular weight excluding hydrogens is 604 g/mol. The molecule has 2 aliphatic rings. The Kier molecular flexibility index (Phi) is 12.4. The highest BCUT2D eigenvalue weighted by Gasteiger charge is 2.22. The van der Waals surface area contributed by atoms with Crippen LogP contribution < -0.4 is 10.3 Å². The van der Waals surface area contributed by atoms with E-state index in [4.69, 9.17) is 21.4 Å². The van der Waals surface area contributed by atoms with Crippen molar-refractivity contribution in [1.82, 2.24) is 19.6 Å². The monoisotopic (exact) mass is 654 g/mol. The molecule has 0 spiro atoms. The summed E-state index contributed by atoms with van der Waals surface area (Å²) < 4.78 is 7.85.